The second-order valence-corrected chi connectivity index (χ2v) is 6.70. The number of nitrogens with zero attached hydrogens (tertiary/aromatic N) is 2. The van der Waals surface area contributed by atoms with Gasteiger partial charge in [0.1, 0.15) is 16.9 Å². The Bertz CT molecular complexity index is 1150. The zero-order valence-corrected chi connectivity index (χ0v) is 14.2. The lowest BCUT2D eigenvalue weighted by atomic mass is 10.1. The van der Waals surface area contributed by atoms with Gasteiger partial charge in [-0.15, -0.1) is 11.3 Å². The maximum atomic E-state index is 12.9. The van der Waals surface area contributed by atoms with Crippen molar-refractivity contribution in [3.63, 3.8) is 0 Å². The number of para-hydroxylation sites is 1. The number of fused-ring (bicyclic) bond motifs is 3. The molecule has 1 aromatic carbocycles. The van der Waals surface area contributed by atoms with Crippen LogP contribution >= 0.6 is 11.3 Å². The van der Waals surface area contributed by atoms with E-state index in [4.69, 9.17) is 4.74 Å². The van der Waals surface area contributed by atoms with Crippen LogP contribution in [0.1, 0.15) is 15.2 Å². The Kier molecular flexibility index (Phi) is 3.82. The van der Waals surface area contributed by atoms with Gasteiger partial charge in [0.15, 0.2) is 12.0 Å². The van der Waals surface area contributed by atoms with Crippen LogP contribution in [0.2, 0.25) is 0 Å². The Labute approximate surface area is 147 Å². The number of ether oxygens (including phenoxy) is 1. The van der Waals surface area contributed by atoms with Gasteiger partial charge in [0.2, 0.25) is 0 Å². The molecule has 4 rings (SSSR count). The minimum atomic E-state index is -0.164. The highest BCUT2D eigenvalue weighted by Gasteiger charge is 2.20. The molecular weight excluding hydrogens is 336 g/mol. The number of pyridine rings is 2. The monoisotopic (exact) mass is 350 g/mol. The van der Waals surface area contributed by atoms with Crippen LogP contribution in [0.3, 0.4) is 0 Å². The van der Waals surface area contributed by atoms with E-state index in [-0.39, 0.29) is 12.2 Å². The molecule has 5 nitrogen and oxygen atoms in total. The molecule has 3 aromatic heterocycles. The standard InChI is InChI=1S/C19H14N2O3S/c1-21-14-5-3-2-4-13(14)18-16(19(21)23)17(15(10-22)25-18)24-11-12-6-8-20-9-7-12/h2-10H,11H2,1H3. The number of aldehydes is 1. The maximum Gasteiger partial charge on any atom is 0.263 e. The quantitative estimate of drug-likeness (QED) is 0.528. The summed E-state index contributed by atoms with van der Waals surface area (Å²) >= 11 is 1.29. The van der Waals surface area contributed by atoms with Gasteiger partial charge in [-0.3, -0.25) is 14.6 Å². The molecule has 0 unspecified atom stereocenters. The Balaban J connectivity index is 1.94. The summed E-state index contributed by atoms with van der Waals surface area (Å²) in [7, 11) is 1.73. The van der Waals surface area contributed by atoms with E-state index < -0.39 is 0 Å². The smallest absolute Gasteiger partial charge is 0.263 e. The molecule has 124 valence electrons. The fraction of sp³-hybridized carbons (Fsp3) is 0.105. The van der Waals surface area contributed by atoms with Crippen LogP contribution < -0.4 is 10.3 Å². The highest BCUT2D eigenvalue weighted by molar-refractivity contribution is 7.22. The first kappa shape index (κ1) is 15.5. The second-order valence-electron chi connectivity index (χ2n) is 5.64. The molecule has 0 bridgehead atoms. The van der Waals surface area contributed by atoms with Gasteiger partial charge < -0.3 is 9.30 Å². The van der Waals surface area contributed by atoms with E-state index in [9.17, 15) is 9.59 Å². The first-order valence-corrected chi connectivity index (χ1v) is 8.53. The van der Waals surface area contributed by atoms with E-state index in [1.54, 1.807) is 24.0 Å². The third kappa shape index (κ3) is 2.51. The number of hydrogen-bond donors (Lipinski definition) is 0. The average Bonchev–Trinajstić information content (AvgIpc) is 3.04. The molecule has 0 aliphatic rings. The Morgan fingerprint density at radius 1 is 1.20 bits per heavy atom. The maximum absolute atomic E-state index is 12.9. The molecule has 0 fully saturated rings. The van der Waals surface area contributed by atoms with Gasteiger partial charge >= 0.3 is 0 Å². The Hall–Kier alpha value is -2.99. The number of carbonyl (C=O) groups is 1. The van der Waals surface area contributed by atoms with Gasteiger partial charge in [0.25, 0.3) is 5.56 Å². The number of carbonyl (C=O) groups excluding carboxylic acids is 1. The summed E-state index contributed by atoms with van der Waals surface area (Å²) < 4.78 is 8.27. The van der Waals surface area contributed by atoms with Crippen molar-refractivity contribution in [2.75, 3.05) is 0 Å². The predicted octanol–water partition coefficient (Wildman–Crippen LogP) is 3.54. The zero-order valence-electron chi connectivity index (χ0n) is 13.4. The SMILES string of the molecule is Cn1c(=O)c2c(OCc3ccncc3)c(C=O)sc2c2ccccc21. The number of aryl methyl sites for hydroxylation is 1. The molecule has 0 aliphatic heterocycles. The second kappa shape index (κ2) is 6.14. The zero-order chi connectivity index (χ0) is 17.4. The van der Waals surface area contributed by atoms with Crippen molar-refractivity contribution in [1.29, 1.82) is 0 Å². The van der Waals surface area contributed by atoms with Crippen LogP contribution in [-0.2, 0) is 13.7 Å². The number of hydrogen-bond acceptors (Lipinski definition) is 5. The van der Waals surface area contributed by atoms with Gasteiger partial charge in [-0.25, -0.2) is 0 Å². The first-order valence-electron chi connectivity index (χ1n) is 7.72. The van der Waals surface area contributed by atoms with Gasteiger partial charge in [-0.1, -0.05) is 18.2 Å². The summed E-state index contributed by atoms with van der Waals surface area (Å²) in [6.07, 6.45) is 4.11. The fourth-order valence-corrected chi connectivity index (χ4v) is 3.99. The fourth-order valence-electron chi connectivity index (χ4n) is 2.91. The van der Waals surface area contributed by atoms with E-state index in [1.165, 1.54) is 11.3 Å². The number of benzene rings is 1. The summed E-state index contributed by atoms with van der Waals surface area (Å²) in [6.45, 7) is 0.269. The molecular formula is C19H14N2O3S. The minimum Gasteiger partial charge on any atom is -0.486 e. The van der Waals surface area contributed by atoms with Crippen LogP contribution in [0.4, 0.5) is 0 Å². The molecule has 0 spiro atoms. The summed E-state index contributed by atoms with van der Waals surface area (Å²) in [4.78, 5) is 28.8. The Morgan fingerprint density at radius 3 is 2.72 bits per heavy atom. The van der Waals surface area contributed by atoms with Crippen molar-refractivity contribution in [3.8, 4) is 5.75 Å². The number of rotatable bonds is 4. The van der Waals surface area contributed by atoms with Crippen molar-refractivity contribution < 1.29 is 9.53 Å². The summed E-state index contributed by atoms with van der Waals surface area (Å²) in [5.74, 6) is 0.359. The van der Waals surface area contributed by atoms with Gasteiger partial charge in [-0.05, 0) is 23.8 Å². The normalized spacial score (nSPS) is 11.1. The Morgan fingerprint density at radius 2 is 1.96 bits per heavy atom. The molecule has 4 aromatic rings. The highest BCUT2D eigenvalue weighted by atomic mass is 32.1. The molecule has 0 atom stereocenters. The molecule has 3 heterocycles. The van der Waals surface area contributed by atoms with Crippen molar-refractivity contribution in [2.45, 2.75) is 6.61 Å². The predicted molar refractivity (Wildman–Crippen MR) is 98.5 cm³/mol. The van der Waals surface area contributed by atoms with Crippen LogP contribution in [0.25, 0.3) is 21.0 Å². The third-order valence-electron chi connectivity index (χ3n) is 4.16. The molecule has 25 heavy (non-hydrogen) atoms. The van der Waals surface area contributed by atoms with Crippen LogP contribution in [0, 0.1) is 0 Å². The number of aromatic nitrogens is 2. The van der Waals surface area contributed by atoms with E-state index in [0.29, 0.717) is 16.0 Å². The largest absolute Gasteiger partial charge is 0.486 e. The van der Waals surface area contributed by atoms with Gasteiger partial charge in [0.05, 0.1) is 10.2 Å². The third-order valence-corrected chi connectivity index (χ3v) is 5.29. The molecule has 0 saturated carbocycles. The molecule has 0 amide bonds. The van der Waals surface area contributed by atoms with Crippen molar-refractivity contribution in [1.82, 2.24) is 9.55 Å². The van der Waals surface area contributed by atoms with E-state index in [1.807, 2.05) is 36.4 Å². The molecule has 0 saturated heterocycles. The van der Waals surface area contributed by atoms with Crippen molar-refractivity contribution >= 4 is 38.6 Å². The molecule has 6 heteroatoms. The topological polar surface area (TPSA) is 61.2 Å². The van der Waals surface area contributed by atoms with E-state index >= 15 is 0 Å². The average molecular weight is 350 g/mol. The number of thiophene rings is 1. The van der Waals surface area contributed by atoms with Crippen molar-refractivity contribution in [2.24, 2.45) is 7.05 Å². The van der Waals surface area contributed by atoms with E-state index in [2.05, 4.69) is 4.98 Å². The lowest BCUT2D eigenvalue weighted by molar-refractivity contribution is 0.112. The van der Waals surface area contributed by atoms with E-state index in [0.717, 1.165) is 27.5 Å². The summed E-state index contributed by atoms with van der Waals surface area (Å²) in [5.41, 5.74) is 1.59. The van der Waals surface area contributed by atoms with Gasteiger partial charge in [0, 0.05) is 24.8 Å². The van der Waals surface area contributed by atoms with Crippen molar-refractivity contribution in [3.05, 3.63) is 69.6 Å². The lowest BCUT2D eigenvalue weighted by Gasteiger charge is -2.08. The van der Waals surface area contributed by atoms with Gasteiger partial charge in [-0.2, -0.15) is 0 Å². The first-order chi connectivity index (χ1) is 12.2. The van der Waals surface area contributed by atoms with Crippen LogP contribution in [-0.4, -0.2) is 15.8 Å². The molecule has 0 radical (unpaired) electrons. The minimum absolute atomic E-state index is 0.164. The summed E-state index contributed by atoms with van der Waals surface area (Å²) in [6, 6.07) is 11.3. The molecule has 0 N–H and O–H groups in total. The van der Waals surface area contributed by atoms with Crippen LogP contribution in [0.15, 0.2) is 53.6 Å². The summed E-state index contributed by atoms with van der Waals surface area (Å²) in [5, 5.41) is 1.40. The lowest BCUT2D eigenvalue weighted by Crippen LogP contribution is -2.17. The van der Waals surface area contributed by atoms with Crippen LogP contribution in [0.5, 0.6) is 5.75 Å². The highest BCUT2D eigenvalue weighted by Crippen LogP contribution is 2.38. The molecule has 0 aliphatic carbocycles.